The predicted octanol–water partition coefficient (Wildman–Crippen LogP) is 1.86. The Balaban J connectivity index is 2.14. The largest absolute Gasteiger partial charge is 0.480 e. The molecule has 21 heavy (non-hydrogen) atoms. The molecule has 2 aromatic rings. The van der Waals surface area contributed by atoms with E-state index in [0.717, 1.165) is 16.8 Å². The molecule has 8 heteroatoms. The molecule has 0 aromatic carbocycles. The van der Waals surface area contributed by atoms with E-state index in [0.29, 0.717) is 40.4 Å². The summed E-state index contributed by atoms with van der Waals surface area (Å²) in [6.45, 7) is 0.485. The molecule has 0 fully saturated rings. The molecule has 1 aliphatic rings. The first-order chi connectivity index (χ1) is 10.1. The van der Waals surface area contributed by atoms with Crippen molar-refractivity contribution in [2.24, 2.45) is 0 Å². The molecular formula is C13H13BrClN3O3. The number of hydrogen-bond donors (Lipinski definition) is 2. The third kappa shape index (κ3) is 2.29. The Kier molecular flexibility index (Phi) is 3.81. The second kappa shape index (κ2) is 5.47. The molecule has 112 valence electrons. The number of aliphatic hydroxyl groups is 1. The Morgan fingerprint density at radius 2 is 2.38 bits per heavy atom. The maximum absolute atomic E-state index is 11.7. The van der Waals surface area contributed by atoms with Gasteiger partial charge in [-0.3, -0.25) is 4.79 Å². The van der Waals surface area contributed by atoms with E-state index in [4.69, 9.17) is 21.4 Å². The zero-order valence-corrected chi connectivity index (χ0v) is 13.6. The summed E-state index contributed by atoms with van der Waals surface area (Å²) >= 11 is 9.70. The van der Waals surface area contributed by atoms with Gasteiger partial charge in [0.05, 0.1) is 23.2 Å². The van der Waals surface area contributed by atoms with Crippen LogP contribution in [0.1, 0.15) is 11.3 Å². The summed E-state index contributed by atoms with van der Waals surface area (Å²) in [4.78, 5) is 21.0. The van der Waals surface area contributed by atoms with Crippen LogP contribution in [-0.2, 0) is 17.8 Å². The minimum atomic E-state index is -0.485. The molecule has 0 spiro atoms. The number of ether oxygens (including phenoxy) is 1. The lowest BCUT2D eigenvalue weighted by Crippen LogP contribution is -2.37. The third-order valence-corrected chi connectivity index (χ3v) is 4.98. The maximum atomic E-state index is 11.7. The number of fused-ring (bicyclic) bond motifs is 3. The molecule has 0 bridgehead atoms. The molecule has 0 aliphatic carbocycles. The second-order valence-electron chi connectivity index (χ2n) is 4.78. The first-order valence-electron chi connectivity index (χ1n) is 6.37. The van der Waals surface area contributed by atoms with Crippen LogP contribution in [0.25, 0.3) is 11.0 Å². The minimum absolute atomic E-state index is 0.287. The number of H-pyrrole nitrogens is 1. The van der Waals surface area contributed by atoms with E-state index in [1.165, 1.54) is 7.11 Å². The van der Waals surface area contributed by atoms with Crippen molar-refractivity contribution in [2.45, 2.75) is 13.0 Å². The monoisotopic (exact) mass is 373 g/mol. The third-order valence-electron chi connectivity index (χ3n) is 3.64. The fraction of sp³-hybridized carbons (Fsp3) is 0.385. The lowest BCUT2D eigenvalue weighted by Gasteiger charge is -2.26. The van der Waals surface area contributed by atoms with E-state index in [9.17, 15) is 4.79 Å². The van der Waals surface area contributed by atoms with Crippen molar-refractivity contribution in [3.05, 3.63) is 20.8 Å². The summed E-state index contributed by atoms with van der Waals surface area (Å²) in [7, 11) is 1.52. The Morgan fingerprint density at radius 1 is 1.62 bits per heavy atom. The Hall–Kier alpha value is -1.31. The Bertz CT molecular complexity index is 731. The number of rotatable bonds is 2. The standard InChI is InChI=1S/C13H13BrClN3O3/c1-21-13-9(14)10(15)12-11(17-13)6-4-18(8(20)5-19)3-2-7(6)16-12/h16,19H,2-5H2,1H3. The molecule has 1 aliphatic heterocycles. The number of amides is 1. The van der Waals surface area contributed by atoms with Crippen molar-refractivity contribution in [3.63, 3.8) is 0 Å². The topological polar surface area (TPSA) is 78.5 Å². The summed E-state index contributed by atoms with van der Waals surface area (Å²) in [5.74, 6) is 0.116. The summed E-state index contributed by atoms with van der Waals surface area (Å²) in [5.41, 5.74) is 3.37. The van der Waals surface area contributed by atoms with E-state index in [1.54, 1.807) is 4.90 Å². The number of aromatic nitrogens is 2. The van der Waals surface area contributed by atoms with Crippen molar-refractivity contribution < 1.29 is 14.6 Å². The lowest BCUT2D eigenvalue weighted by atomic mass is 10.1. The zero-order valence-electron chi connectivity index (χ0n) is 11.2. The molecule has 0 saturated heterocycles. The Labute approximate surface area is 134 Å². The number of methoxy groups -OCH3 is 1. The average Bonchev–Trinajstić information content (AvgIpc) is 2.87. The molecule has 2 aromatic heterocycles. The van der Waals surface area contributed by atoms with Crippen molar-refractivity contribution >= 4 is 44.5 Å². The predicted molar refractivity (Wildman–Crippen MR) is 81.6 cm³/mol. The van der Waals surface area contributed by atoms with Crippen LogP contribution in [0.3, 0.4) is 0 Å². The van der Waals surface area contributed by atoms with Gasteiger partial charge >= 0.3 is 0 Å². The van der Waals surface area contributed by atoms with Gasteiger partial charge in [-0.15, -0.1) is 0 Å². The van der Waals surface area contributed by atoms with Crippen LogP contribution < -0.4 is 4.74 Å². The van der Waals surface area contributed by atoms with Gasteiger partial charge in [0.2, 0.25) is 11.8 Å². The van der Waals surface area contributed by atoms with Gasteiger partial charge in [0.25, 0.3) is 0 Å². The van der Waals surface area contributed by atoms with Crippen LogP contribution in [0, 0.1) is 0 Å². The van der Waals surface area contributed by atoms with Gasteiger partial charge in [-0.05, 0) is 15.9 Å². The van der Waals surface area contributed by atoms with Gasteiger partial charge < -0.3 is 19.7 Å². The maximum Gasteiger partial charge on any atom is 0.248 e. The molecule has 0 saturated carbocycles. The SMILES string of the molecule is COc1nc2c3c([nH]c2c(Cl)c1Br)CCN(C(=O)CO)C3. The number of carbonyl (C=O) groups excluding carboxylic acids is 1. The first kappa shape index (κ1) is 14.6. The molecule has 2 N–H and O–H groups in total. The van der Waals surface area contributed by atoms with Crippen LogP contribution in [0.15, 0.2) is 4.47 Å². The van der Waals surface area contributed by atoms with Crippen molar-refractivity contribution in [1.29, 1.82) is 0 Å². The summed E-state index contributed by atoms with van der Waals surface area (Å²) in [6.07, 6.45) is 0.674. The van der Waals surface area contributed by atoms with Crippen molar-refractivity contribution in [1.82, 2.24) is 14.9 Å². The lowest BCUT2D eigenvalue weighted by molar-refractivity contribution is -0.135. The first-order valence-corrected chi connectivity index (χ1v) is 7.55. The van der Waals surface area contributed by atoms with E-state index >= 15 is 0 Å². The molecule has 1 amide bonds. The number of halogens is 2. The molecule has 3 heterocycles. The number of hydrogen-bond acceptors (Lipinski definition) is 4. The van der Waals surface area contributed by atoms with Crippen molar-refractivity contribution in [2.75, 3.05) is 20.3 Å². The van der Waals surface area contributed by atoms with Gasteiger partial charge in [-0.2, -0.15) is 0 Å². The van der Waals surface area contributed by atoms with Gasteiger partial charge in [-0.1, -0.05) is 11.6 Å². The summed E-state index contributed by atoms with van der Waals surface area (Å²) in [6, 6.07) is 0. The van der Waals surface area contributed by atoms with Crippen molar-refractivity contribution in [3.8, 4) is 5.88 Å². The number of aliphatic hydroxyl groups excluding tert-OH is 1. The Morgan fingerprint density at radius 3 is 3.05 bits per heavy atom. The smallest absolute Gasteiger partial charge is 0.248 e. The highest BCUT2D eigenvalue weighted by atomic mass is 79.9. The fourth-order valence-corrected chi connectivity index (χ4v) is 3.23. The van der Waals surface area contributed by atoms with Crippen LogP contribution >= 0.6 is 27.5 Å². The number of nitrogens with one attached hydrogen (secondary N) is 1. The number of pyridine rings is 1. The normalized spacial score (nSPS) is 14.4. The highest BCUT2D eigenvalue weighted by molar-refractivity contribution is 9.10. The highest BCUT2D eigenvalue weighted by Gasteiger charge is 2.26. The summed E-state index contributed by atoms with van der Waals surface area (Å²) < 4.78 is 5.81. The van der Waals surface area contributed by atoms with E-state index in [1.807, 2.05) is 0 Å². The molecular weight excluding hydrogens is 362 g/mol. The van der Waals surface area contributed by atoms with E-state index < -0.39 is 6.61 Å². The van der Waals surface area contributed by atoms with Crippen LogP contribution in [0.2, 0.25) is 5.02 Å². The number of nitrogens with zero attached hydrogens (tertiary/aromatic N) is 2. The molecule has 3 rings (SSSR count). The minimum Gasteiger partial charge on any atom is -0.480 e. The van der Waals surface area contributed by atoms with Gasteiger partial charge in [0.1, 0.15) is 11.1 Å². The van der Waals surface area contributed by atoms with Gasteiger partial charge in [0, 0.05) is 30.8 Å². The summed E-state index contributed by atoms with van der Waals surface area (Å²) in [5, 5.41) is 9.51. The molecule has 0 unspecified atom stereocenters. The van der Waals surface area contributed by atoms with Crippen LogP contribution in [-0.4, -0.2) is 46.1 Å². The van der Waals surface area contributed by atoms with Gasteiger partial charge in [-0.25, -0.2) is 4.98 Å². The quantitative estimate of drug-likeness (QED) is 0.841. The number of carbonyl (C=O) groups is 1. The number of aromatic amines is 1. The van der Waals surface area contributed by atoms with E-state index in [-0.39, 0.29) is 5.91 Å². The van der Waals surface area contributed by atoms with Crippen LogP contribution in [0.4, 0.5) is 0 Å². The second-order valence-corrected chi connectivity index (χ2v) is 5.95. The highest BCUT2D eigenvalue weighted by Crippen LogP contribution is 2.39. The molecule has 0 atom stereocenters. The molecule has 0 radical (unpaired) electrons. The molecule has 6 nitrogen and oxygen atoms in total. The van der Waals surface area contributed by atoms with Gasteiger partial charge in [0.15, 0.2) is 0 Å². The average molecular weight is 375 g/mol. The fourth-order valence-electron chi connectivity index (χ4n) is 2.56. The van der Waals surface area contributed by atoms with Crippen LogP contribution in [0.5, 0.6) is 5.88 Å². The van der Waals surface area contributed by atoms with E-state index in [2.05, 4.69) is 25.9 Å². The zero-order chi connectivity index (χ0) is 15.1.